The fourth-order valence-electron chi connectivity index (χ4n) is 4.68. The van der Waals surface area contributed by atoms with Crippen LogP contribution in [0, 0.1) is 0 Å². The summed E-state index contributed by atoms with van der Waals surface area (Å²) >= 11 is 1.73. The first-order chi connectivity index (χ1) is 15.6. The van der Waals surface area contributed by atoms with E-state index < -0.39 is 0 Å². The van der Waals surface area contributed by atoms with Crippen molar-refractivity contribution >= 4 is 49.3 Å². The predicted octanol–water partition coefficient (Wildman–Crippen LogP) is 4.44. The molecule has 7 nitrogen and oxygen atoms in total. The molecule has 1 aromatic carbocycles. The summed E-state index contributed by atoms with van der Waals surface area (Å²) in [7, 11) is 4.31. The Balaban J connectivity index is 1.25. The highest BCUT2D eigenvalue weighted by Crippen LogP contribution is 2.34. The van der Waals surface area contributed by atoms with Gasteiger partial charge in [0.25, 0.3) is 0 Å². The summed E-state index contributed by atoms with van der Waals surface area (Å²) in [6.45, 7) is 3.33. The molecular formula is C24H27N5O2S. The fourth-order valence-corrected chi connectivity index (χ4v) is 5.73. The van der Waals surface area contributed by atoms with Gasteiger partial charge < -0.3 is 24.3 Å². The van der Waals surface area contributed by atoms with Gasteiger partial charge in [0.05, 0.1) is 23.4 Å². The van der Waals surface area contributed by atoms with Crippen molar-refractivity contribution in [2.45, 2.75) is 25.3 Å². The minimum Gasteiger partial charge on any atom is -0.442 e. The van der Waals surface area contributed by atoms with Gasteiger partial charge in [0, 0.05) is 42.2 Å². The number of aryl methyl sites for hydroxylation is 1. The predicted molar refractivity (Wildman–Crippen MR) is 129 cm³/mol. The summed E-state index contributed by atoms with van der Waals surface area (Å²) in [4.78, 5) is 14.2. The number of hydrogen-bond donors (Lipinski definition) is 1. The molecule has 0 amide bonds. The summed E-state index contributed by atoms with van der Waals surface area (Å²) in [5, 5.41) is 5.66. The number of morpholine rings is 1. The molecule has 6 rings (SSSR count). The Bertz CT molecular complexity index is 1270. The van der Waals surface area contributed by atoms with Crippen LogP contribution in [0.4, 0.5) is 16.6 Å². The van der Waals surface area contributed by atoms with Crippen molar-refractivity contribution in [2.24, 2.45) is 0 Å². The standard InChI is InChI=1S/C24H27N5O2S/c1-28(2)16-4-7-20-18(14-16)17-5-8-22(27-23(17)31-20)25-15-3-6-19-21(13-15)32-24(26-19)29-9-11-30-12-10-29/h3,5-6,8,13,16H,4,7,9-12,14H2,1-2H3,(H,25,27). The van der Waals surface area contributed by atoms with Gasteiger partial charge in [-0.25, -0.2) is 4.98 Å². The number of thiazole rings is 1. The Kier molecular flexibility index (Phi) is 5.01. The van der Waals surface area contributed by atoms with Crippen LogP contribution in [0.25, 0.3) is 21.3 Å². The van der Waals surface area contributed by atoms with Crippen LogP contribution in [-0.2, 0) is 17.6 Å². The van der Waals surface area contributed by atoms with Crippen LogP contribution < -0.4 is 10.2 Å². The number of rotatable bonds is 4. The normalized spacial score (nSPS) is 19.1. The molecule has 1 saturated heterocycles. The van der Waals surface area contributed by atoms with Gasteiger partial charge in [0.2, 0.25) is 5.71 Å². The lowest BCUT2D eigenvalue weighted by atomic mass is 9.91. The topological polar surface area (TPSA) is 66.7 Å². The molecule has 1 unspecified atom stereocenters. The Labute approximate surface area is 191 Å². The van der Waals surface area contributed by atoms with Gasteiger partial charge in [-0.3, -0.25) is 0 Å². The largest absolute Gasteiger partial charge is 0.442 e. The SMILES string of the molecule is CN(C)C1CCc2oc3nc(Nc4ccc5nc(N6CCOCC6)sc5c4)ccc3c2C1. The second kappa shape index (κ2) is 8.03. The molecule has 3 aromatic heterocycles. The smallest absolute Gasteiger partial charge is 0.228 e. The van der Waals surface area contributed by atoms with Gasteiger partial charge >= 0.3 is 0 Å². The lowest BCUT2D eigenvalue weighted by Gasteiger charge is -2.27. The Hall–Kier alpha value is -2.68. The molecule has 4 aromatic rings. The number of pyridine rings is 1. The average Bonchev–Trinajstić information content (AvgIpc) is 3.39. The maximum absolute atomic E-state index is 6.14. The minimum atomic E-state index is 0.564. The average molecular weight is 450 g/mol. The van der Waals surface area contributed by atoms with Gasteiger partial charge in [-0.05, 0) is 57.3 Å². The van der Waals surface area contributed by atoms with E-state index in [1.807, 2.05) is 6.07 Å². The number of anilines is 3. The Morgan fingerprint density at radius 3 is 2.84 bits per heavy atom. The number of hydrogen-bond acceptors (Lipinski definition) is 8. The molecule has 1 N–H and O–H groups in total. The van der Waals surface area contributed by atoms with Crippen LogP contribution in [0.5, 0.6) is 0 Å². The van der Waals surface area contributed by atoms with Crippen LogP contribution in [0.1, 0.15) is 17.7 Å². The van der Waals surface area contributed by atoms with E-state index in [4.69, 9.17) is 19.1 Å². The number of fused-ring (bicyclic) bond motifs is 4. The van der Waals surface area contributed by atoms with Crippen molar-refractivity contribution in [1.29, 1.82) is 0 Å². The quantitative estimate of drug-likeness (QED) is 0.494. The van der Waals surface area contributed by atoms with Gasteiger partial charge in [-0.1, -0.05) is 11.3 Å². The van der Waals surface area contributed by atoms with Crippen LogP contribution in [-0.4, -0.2) is 61.3 Å². The summed E-state index contributed by atoms with van der Waals surface area (Å²) in [5.74, 6) is 1.90. The molecule has 32 heavy (non-hydrogen) atoms. The highest BCUT2D eigenvalue weighted by atomic mass is 32.1. The van der Waals surface area contributed by atoms with Gasteiger partial charge in [-0.2, -0.15) is 4.98 Å². The third-order valence-electron chi connectivity index (χ3n) is 6.55. The highest BCUT2D eigenvalue weighted by Gasteiger charge is 2.26. The second-order valence-electron chi connectivity index (χ2n) is 8.82. The van der Waals surface area contributed by atoms with Crippen molar-refractivity contribution in [2.75, 3.05) is 50.6 Å². The molecule has 0 bridgehead atoms. The number of aromatic nitrogens is 2. The van der Waals surface area contributed by atoms with Crippen LogP contribution in [0.2, 0.25) is 0 Å². The molecule has 0 radical (unpaired) electrons. The van der Waals surface area contributed by atoms with E-state index in [0.717, 1.165) is 84.6 Å². The van der Waals surface area contributed by atoms with Crippen molar-refractivity contribution in [3.8, 4) is 0 Å². The number of likely N-dealkylation sites (N-methyl/N-ethyl adjacent to an activating group) is 1. The van der Waals surface area contributed by atoms with Gasteiger partial charge in [-0.15, -0.1) is 0 Å². The van der Waals surface area contributed by atoms with Gasteiger partial charge in [0.15, 0.2) is 5.13 Å². The van der Waals surface area contributed by atoms with E-state index in [2.05, 4.69) is 53.5 Å². The number of furan rings is 1. The molecule has 166 valence electrons. The molecular weight excluding hydrogens is 422 g/mol. The molecule has 1 atom stereocenters. The van der Waals surface area contributed by atoms with Crippen molar-refractivity contribution < 1.29 is 9.15 Å². The van der Waals surface area contributed by atoms with Crippen molar-refractivity contribution in [1.82, 2.24) is 14.9 Å². The molecule has 0 saturated carbocycles. The zero-order chi connectivity index (χ0) is 21.7. The first kappa shape index (κ1) is 20.0. The van der Waals surface area contributed by atoms with Crippen LogP contribution in [0.3, 0.4) is 0 Å². The monoisotopic (exact) mass is 449 g/mol. The summed E-state index contributed by atoms with van der Waals surface area (Å²) in [6, 6.07) is 11.0. The van der Waals surface area contributed by atoms with E-state index in [-0.39, 0.29) is 0 Å². The Morgan fingerprint density at radius 2 is 2.00 bits per heavy atom. The number of ether oxygens (including phenoxy) is 1. The maximum Gasteiger partial charge on any atom is 0.228 e. The first-order valence-corrected chi connectivity index (χ1v) is 12.0. The van der Waals surface area contributed by atoms with E-state index in [1.54, 1.807) is 11.3 Å². The van der Waals surface area contributed by atoms with Gasteiger partial charge in [0.1, 0.15) is 11.6 Å². The van der Waals surface area contributed by atoms with Crippen LogP contribution >= 0.6 is 11.3 Å². The third kappa shape index (κ3) is 3.62. The zero-order valence-electron chi connectivity index (χ0n) is 18.4. The molecule has 1 aliphatic heterocycles. The fraction of sp³-hybridized carbons (Fsp3) is 0.417. The Morgan fingerprint density at radius 1 is 1.12 bits per heavy atom. The summed E-state index contributed by atoms with van der Waals surface area (Å²) in [5.41, 5.74) is 4.09. The van der Waals surface area contributed by atoms with Crippen molar-refractivity contribution in [3.63, 3.8) is 0 Å². The van der Waals surface area contributed by atoms with E-state index in [1.165, 1.54) is 10.3 Å². The molecule has 2 aliphatic rings. The zero-order valence-corrected chi connectivity index (χ0v) is 19.2. The molecule has 0 spiro atoms. The van der Waals surface area contributed by atoms with Crippen molar-refractivity contribution in [3.05, 3.63) is 41.7 Å². The third-order valence-corrected chi connectivity index (χ3v) is 7.63. The summed E-state index contributed by atoms with van der Waals surface area (Å²) in [6.07, 6.45) is 3.13. The number of nitrogens with one attached hydrogen (secondary N) is 1. The molecule has 1 aliphatic carbocycles. The summed E-state index contributed by atoms with van der Waals surface area (Å²) < 4.78 is 12.8. The maximum atomic E-state index is 6.14. The number of benzene rings is 1. The first-order valence-electron chi connectivity index (χ1n) is 11.2. The molecule has 8 heteroatoms. The lowest BCUT2D eigenvalue weighted by molar-refractivity contribution is 0.122. The molecule has 1 fully saturated rings. The lowest BCUT2D eigenvalue weighted by Crippen LogP contribution is -2.36. The molecule has 4 heterocycles. The van der Waals surface area contributed by atoms with E-state index in [9.17, 15) is 0 Å². The minimum absolute atomic E-state index is 0.564. The highest BCUT2D eigenvalue weighted by molar-refractivity contribution is 7.22. The van der Waals surface area contributed by atoms with E-state index in [0.29, 0.717) is 6.04 Å². The number of nitrogens with zero attached hydrogens (tertiary/aromatic N) is 4. The van der Waals surface area contributed by atoms with E-state index >= 15 is 0 Å². The second-order valence-corrected chi connectivity index (χ2v) is 9.83. The van der Waals surface area contributed by atoms with Crippen LogP contribution in [0.15, 0.2) is 34.7 Å².